The Bertz CT molecular complexity index is 658. The molecule has 22 heavy (non-hydrogen) atoms. The lowest BCUT2D eigenvalue weighted by atomic mass is 10.2. The minimum absolute atomic E-state index is 0.145. The number of aryl methyl sites for hydroxylation is 1. The van der Waals surface area contributed by atoms with Crippen LogP contribution in [0.25, 0.3) is 0 Å². The molecule has 0 aliphatic heterocycles. The lowest BCUT2D eigenvalue weighted by molar-refractivity contribution is -0.118. The number of hydrogen-bond acceptors (Lipinski definition) is 3. The first kappa shape index (κ1) is 15.8. The number of ether oxygens (including phenoxy) is 2. The highest BCUT2D eigenvalue weighted by Gasteiger charge is 2.10. The van der Waals surface area contributed by atoms with Crippen molar-refractivity contribution < 1.29 is 18.7 Å². The summed E-state index contributed by atoms with van der Waals surface area (Å²) in [6, 6.07) is 11.6. The quantitative estimate of drug-likeness (QED) is 0.887. The van der Waals surface area contributed by atoms with E-state index in [0.717, 1.165) is 5.56 Å². The van der Waals surface area contributed by atoms with Crippen molar-refractivity contribution in [2.45, 2.75) is 13.8 Å². The molecule has 0 spiro atoms. The molecule has 116 valence electrons. The van der Waals surface area contributed by atoms with E-state index in [2.05, 4.69) is 5.32 Å². The summed E-state index contributed by atoms with van der Waals surface area (Å²) >= 11 is 0. The van der Waals surface area contributed by atoms with E-state index in [4.69, 9.17) is 9.47 Å². The molecule has 2 rings (SSSR count). The molecule has 5 heteroatoms. The topological polar surface area (TPSA) is 47.6 Å². The SMILES string of the molecule is CCOc1ccccc1OCC(=O)Nc1cc(C)ccc1F. The van der Waals surface area contributed by atoms with Gasteiger partial charge in [-0.3, -0.25) is 4.79 Å². The zero-order valence-electron chi connectivity index (χ0n) is 12.6. The zero-order chi connectivity index (χ0) is 15.9. The van der Waals surface area contributed by atoms with Crippen molar-refractivity contribution in [2.24, 2.45) is 0 Å². The van der Waals surface area contributed by atoms with Crippen molar-refractivity contribution in [2.75, 3.05) is 18.5 Å². The predicted octanol–water partition coefficient (Wildman–Crippen LogP) is 3.55. The van der Waals surface area contributed by atoms with Gasteiger partial charge in [0.1, 0.15) is 5.82 Å². The van der Waals surface area contributed by atoms with Crippen LogP contribution in [0.5, 0.6) is 11.5 Å². The van der Waals surface area contributed by atoms with E-state index in [9.17, 15) is 9.18 Å². The Morgan fingerprint density at radius 1 is 1.14 bits per heavy atom. The van der Waals surface area contributed by atoms with Crippen LogP contribution in [0.2, 0.25) is 0 Å². The van der Waals surface area contributed by atoms with Crippen LogP contribution >= 0.6 is 0 Å². The summed E-state index contributed by atoms with van der Waals surface area (Å²) in [4.78, 5) is 11.9. The van der Waals surface area contributed by atoms with Gasteiger partial charge < -0.3 is 14.8 Å². The van der Waals surface area contributed by atoms with Gasteiger partial charge in [-0.15, -0.1) is 0 Å². The Morgan fingerprint density at radius 3 is 2.50 bits per heavy atom. The summed E-state index contributed by atoms with van der Waals surface area (Å²) in [7, 11) is 0. The van der Waals surface area contributed by atoms with E-state index < -0.39 is 11.7 Å². The third-order valence-corrected chi connectivity index (χ3v) is 2.90. The molecule has 0 saturated carbocycles. The van der Waals surface area contributed by atoms with Crippen molar-refractivity contribution in [3.8, 4) is 11.5 Å². The minimum Gasteiger partial charge on any atom is -0.490 e. The molecule has 0 saturated heterocycles. The largest absolute Gasteiger partial charge is 0.490 e. The number of amides is 1. The van der Waals surface area contributed by atoms with Gasteiger partial charge in [0, 0.05) is 0 Å². The molecule has 0 aliphatic carbocycles. The summed E-state index contributed by atoms with van der Waals surface area (Å²) in [5.74, 6) is 0.133. The van der Waals surface area contributed by atoms with Gasteiger partial charge in [-0.1, -0.05) is 18.2 Å². The normalized spacial score (nSPS) is 10.1. The van der Waals surface area contributed by atoms with Gasteiger partial charge >= 0.3 is 0 Å². The maximum atomic E-state index is 13.6. The van der Waals surface area contributed by atoms with Gasteiger partial charge in [-0.2, -0.15) is 0 Å². The number of carbonyl (C=O) groups is 1. The van der Waals surface area contributed by atoms with Crippen LogP contribution < -0.4 is 14.8 Å². The standard InChI is InChI=1S/C17H18FNO3/c1-3-21-15-6-4-5-7-16(15)22-11-17(20)19-14-10-12(2)8-9-13(14)18/h4-10H,3,11H2,1-2H3,(H,19,20). The van der Waals surface area contributed by atoms with Gasteiger partial charge in [0.05, 0.1) is 12.3 Å². The van der Waals surface area contributed by atoms with E-state index in [0.29, 0.717) is 18.1 Å². The zero-order valence-corrected chi connectivity index (χ0v) is 12.6. The van der Waals surface area contributed by atoms with Crippen molar-refractivity contribution in [3.63, 3.8) is 0 Å². The molecule has 0 unspecified atom stereocenters. The first-order chi connectivity index (χ1) is 10.6. The van der Waals surface area contributed by atoms with Gasteiger partial charge in [0.2, 0.25) is 0 Å². The van der Waals surface area contributed by atoms with Crippen LogP contribution in [0, 0.1) is 12.7 Å². The fourth-order valence-corrected chi connectivity index (χ4v) is 1.91. The van der Waals surface area contributed by atoms with E-state index in [1.807, 2.05) is 19.9 Å². The summed E-state index contributed by atoms with van der Waals surface area (Å²) in [6.07, 6.45) is 0. The monoisotopic (exact) mass is 303 g/mol. The molecule has 0 radical (unpaired) electrons. The third-order valence-electron chi connectivity index (χ3n) is 2.90. The van der Waals surface area contributed by atoms with Gasteiger partial charge in [-0.05, 0) is 43.7 Å². The first-order valence-corrected chi connectivity index (χ1v) is 7.00. The maximum absolute atomic E-state index is 13.6. The molecular weight excluding hydrogens is 285 g/mol. The number of carbonyl (C=O) groups excluding carboxylic acids is 1. The van der Waals surface area contributed by atoms with E-state index in [-0.39, 0.29) is 12.3 Å². The lowest BCUT2D eigenvalue weighted by Crippen LogP contribution is -2.21. The van der Waals surface area contributed by atoms with Gasteiger partial charge in [-0.25, -0.2) is 4.39 Å². The molecule has 0 aliphatic rings. The summed E-state index contributed by atoms with van der Waals surface area (Å²) in [6.45, 7) is 3.96. The molecule has 2 aromatic carbocycles. The summed E-state index contributed by atoms with van der Waals surface area (Å²) < 4.78 is 24.4. The number of benzene rings is 2. The molecule has 1 amide bonds. The maximum Gasteiger partial charge on any atom is 0.262 e. The number of anilines is 1. The van der Waals surface area contributed by atoms with E-state index >= 15 is 0 Å². The lowest BCUT2D eigenvalue weighted by Gasteiger charge is -2.12. The predicted molar refractivity (Wildman–Crippen MR) is 82.9 cm³/mol. The molecule has 2 aromatic rings. The molecular formula is C17H18FNO3. The van der Waals surface area contributed by atoms with Crippen LogP contribution in [0.15, 0.2) is 42.5 Å². The molecule has 0 bridgehead atoms. The average molecular weight is 303 g/mol. The summed E-state index contributed by atoms with van der Waals surface area (Å²) in [5.41, 5.74) is 1.01. The second kappa shape index (κ2) is 7.45. The Labute approximate surface area is 128 Å². The number of rotatable bonds is 6. The Balaban J connectivity index is 1.97. The highest BCUT2D eigenvalue weighted by Crippen LogP contribution is 2.26. The van der Waals surface area contributed by atoms with Crippen molar-refractivity contribution in [1.82, 2.24) is 0 Å². The Morgan fingerprint density at radius 2 is 1.82 bits per heavy atom. The second-order valence-corrected chi connectivity index (χ2v) is 4.70. The van der Waals surface area contributed by atoms with E-state index in [1.165, 1.54) is 6.07 Å². The Hall–Kier alpha value is -2.56. The fourth-order valence-electron chi connectivity index (χ4n) is 1.91. The number of para-hydroxylation sites is 2. The van der Waals surface area contributed by atoms with Crippen molar-refractivity contribution in [1.29, 1.82) is 0 Å². The third kappa shape index (κ3) is 4.22. The van der Waals surface area contributed by atoms with Crippen LogP contribution in [0.1, 0.15) is 12.5 Å². The number of nitrogens with one attached hydrogen (secondary N) is 1. The molecule has 0 aromatic heterocycles. The number of halogens is 1. The molecule has 0 heterocycles. The van der Waals surface area contributed by atoms with Gasteiger partial charge in [0.15, 0.2) is 18.1 Å². The Kier molecular flexibility index (Phi) is 5.36. The van der Waals surface area contributed by atoms with E-state index in [1.54, 1.807) is 30.3 Å². The second-order valence-electron chi connectivity index (χ2n) is 4.70. The van der Waals surface area contributed by atoms with Gasteiger partial charge in [0.25, 0.3) is 5.91 Å². The van der Waals surface area contributed by atoms with Crippen LogP contribution in [0.4, 0.5) is 10.1 Å². The highest BCUT2D eigenvalue weighted by molar-refractivity contribution is 5.92. The minimum atomic E-state index is -0.478. The summed E-state index contributed by atoms with van der Waals surface area (Å²) in [5, 5.41) is 2.49. The first-order valence-electron chi connectivity index (χ1n) is 7.00. The molecule has 0 fully saturated rings. The molecule has 1 N–H and O–H groups in total. The molecule has 4 nitrogen and oxygen atoms in total. The fraction of sp³-hybridized carbons (Fsp3) is 0.235. The van der Waals surface area contributed by atoms with Crippen LogP contribution in [-0.2, 0) is 4.79 Å². The van der Waals surface area contributed by atoms with Crippen LogP contribution in [0.3, 0.4) is 0 Å². The smallest absolute Gasteiger partial charge is 0.262 e. The van der Waals surface area contributed by atoms with Crippen molar-refractivity contribution >= 4 is 11.6 Å². The average Bonchev–Trinajstić information content (AvgIpc) is 2.50. The van der Waals surface area contributed by atoms with Crippen molar-refractivity contribution in [3.05, 3.63) is 53.8 Å². The molecule has 0 atom stereocenters. The number of hydrogen-bond donors (Lipinski definition) is 1. The highest BCUT2D eigenvalue weighted by atomic mass is 19.1. The van der Waals surface area contributed by atoms with Crippen LogP contribution in [-0.4, -0.2) is 19.1 Å².